The maximum absolute atomic E-state index is 12.3. The third kappa shape index (κ3) is 0.637. The average molecular weight is 126 g/mol. The van der Waals surface area contributed by atoms with E-state index in [1.54, 1.807) is 0 Å². The summed E-state index contributed by atoms with van der Waals surface area (Å²) in [5, 5.41) is 0. The van der Waals surface area contributed by atoms with Gasteiger partial charge in [-0.05, 0) is 25.2 Å². The first-order chi connectivity index (χ1) is 4.35. The molecule has 0 aromatic rings. The molecule has 1 saturated carbocycles. The van der Waals surface area contributed by atoms with E-state index in [1.807, 2.05) is 0 Å². The molecule has 50 valence electrons. The second kappa shape index (κ2) is 1.59. The molecule has 1 fully saturated rings. The maximum Gasteiger partial charge on any atom is 0.0985 e. The average Bonchev–Trinajstić information content (AvgIpc) is 2.46. The van der Waals surface area contributed by atoms with Crippen LogP contribution < -0.4 is 0 Å². The molecule has 9 heavy (non-hydrogen) atoms. The van der Waals surface area contributed by atoms with Crippen LogP contribution in [0.1, 0.15) is 19.3 Å². The van der Waals surface area contributed by atoms with Gasteiger partial charge in [0.25, 0.3) is 0 Å². The first kappa shape index (κ1) is 5.45. The third-order valence-corrected chi connectivity index (χ3v) is 2.67. The highest BCUT2D eigenvalue weighted by Crippen LogP contribution is 2.49. The number of fused-ring (bicyclic) bond motifs is 2. The number of hydrogen-bond donors (Lipinski definition) is 0. The molecule has 0 radical (unpaired) electrons. The fourth-order valence-electron chi connectivity index (χ4n) is 2.02. The molecule has 2 unspecified atom stereocenters. The molecular formula is C8H11F. The van der Waals surface area contributed by atoms with Gasteiger partial charge in [-0.3, -0.25) is 4.39 Å². The maximum atomic E-state index is 12.3. The van der Waals surface area contributed by atoms with Crippen molar-refractivity contribution >= 4 is 0 Å². The Morgan fingerprint density at radius 3 is 2.78 bits per heavy atom. The minimum absolute atomic E-state index is 0.00463. The van der Waals surface area contributed by atoms with Gasteiger partial charge in [0.2, 0.25) is 0 Å². The highest BCUT2D eigenvalue weighted by molar-refractivity contribution is 5.15. The van der Waals surface area contributed by atoms with E-state index in [0.717, 1.165) is 18.8 Å². The van der Waals surface area contributed by atoms with Crippen molar-refractivity contribution in [2.75, 3.05) is 6.67 Å². The summed E-state index contributed by atoms with van der Waals surface area (Å²) in [7, 11) is 0. The van der Waals surface area contributed by atoms with Crippen molar-refractivity contribution in [3.63, 3.8) is 0 Å². The Morgan fingerprint density at radius 1 is 1.67 bits per heavy atom. The molecule has 0 heterocycles. The van der Waals surface area contributed by atoms with Gasteiger partial charge in [-0.15, -0.1) is 0 Å². The Balaban J connectivity index is 2.23. The van der Waals surface area contributed by atoms with Gasteiger partial charge in [0.1, 0.15) is 0 Å². The number of allylic oxidation sites excluding steroid dienone is 2. The fourth-order valence-corrected chi connectivity index (χ4v) is 2.02. The quantitative estimate of drug-likeness (QED) is 0.473. The topological polar surface area (TPSA) is 0 Å². The number of hydrogen-bond acceptors (Lipinski definition) is 0. The molecule has 0 aliphatic heterocycles. The van der Waals surface area contributed by atoms with E-state index >= 15 is 0 Å². The summed E-state index contributed by atoms with van der Waals surface area (Å²) in [5.74, 6) is 0.723. The summed E-state index contributed by atoms with van der Waals surface area (Å²) in [4.78, 5) is 0. The Labute approximate surface area is 54.8 Å². The zero-order chi connectivity index (χ0) is 6.32. The second-order valence-electron chi connectivity index (χ2n) is 3.36. The van der Waals surface area contributed by atoms with Crippen molar-refractivity contribution < 1.29 is 4.39 Å². The van der Waals surface area contributed by atoms with Crippen LogP contribution in [0, 0.1) is 11.3 Å². The Hall–Kier alpha value is -0.330. The first-order valence-electron chi connectivity index (χ1n) is 3.60. The van der Waals surface area contributed by atoms with Gasteiger partial charge in [0.05, 0.1) is 6.67 Å². The molecule has 0 saturated heterocycles. The minimum atomic E-state index is -0.139. The van der Waals surface area contributed by atoms with Crippen LogP contribution in [0.3, 0.4) is 0 Å². The summed E-state index contributed by atoms with van der Waals surface area (Å²) in [5.41, 5.74) is 0.00463. The lowest BCUT2D eigenvalue weighted by Gasteiger charge is -2.17. The molecule has 0 aromatic heterocycles. The van der Waals surface area contributed by atoms with E-state index in [1.165, 1.54) is 6.42 Å². The monoisotopic (exact) mass is 126 g/mol. The lowest BCUT2D eigenvalue weighted by Crippen LogP contribution is -2.13. The Morgan fingerprint density at radius 2 is 2.56 bits per heavy atom. The highest BCUT2D eigenvalue weighted by Gasteiger charge is 2.40. The predicted molar refractivity (Wildman–Crippen MR) is 34.9 cm³/mol. The van der Waals surface area contributed by atoms with E-state index in [2.05, 4.69) is 12.2 Å². The van der Waals surface area contributed by atoms with Crippen molar-refractivity contribution in [3.05, 3.63) is 12.2 Å². The van der Waals surface area contributed by atoms with Crippen LogP contribution in [-0.2, 0) is 0 Å². The van der Waals surface area contributed by atoms with Gasteiger partial charge in [-0.25, -0.2) is 0 Å². The molecule has 0 aromatic carbocycles. The Bertz CT molecular complexity index is 151. The number of alkyl halides is 1. The molecular weight excluding hydrogens is 115 g/mol. The largest absolute Gasteiger partial charge is 0.250 e. The minimum Gasteiger partial charge on any atom is -0.250 e. The fraction of sp³-hybridized carbons (Fsp3) is 0.750. The SMILES string of the molecule is FCC12C=CC(CC1)C2. The number of rotatable bonds is 1. The summed E-state index contributed by atoms with van der Waals surface area (Å²) in [6, 6.07) is 0. The molecule has 0 amide bonds. The Kier molecular flexibility index (Phi) is 0.961. The van der Waals surface area contributed by atoms with Gasteiger partial charge < -0.3 is 0 Å². The first-order valence-corrected chi connectivity index (χ1v) is 3.60. The second-order valence-corrected chi connectivity index (χ2v) is 3.36. The molecule has 0 nitrogen and oxygen atoms in total. The molecule has 2 bridgehead atoms. The van der Waals surface area contributed by atoms with E-state index in [0.29, 0.717) is 0 Å². The molecule has 0 N–H and O–H groups in total. The van der Waals surface area contributed by atoms with Crippen LogP contribution in [-0.4, -0.2) is 6.67 Å². The van der Waals surface area contributed by atoms with Crippen LogP contribution in [0.25, 0.3) is 0 Å². The summed E-state index contributed by atoms with van der Waals surface area (Å²) >= 11 is 0. The van der Waals surface area contributed by atoms with Gasteiger partial charge in [0, 0.05) is 5.41 Å². The van der Waals surface area contributed by atoms with E-state index < -0.39 is 0 Å². The van der Waals surface area contributed by atoms with Gasteiger partial charge in [-0.2, -0.15) is 0 Å². The smallest absolute Gasteiger partial charge is 0.0985 e. The number of halogens is 1. The standard InChI is InChI=1S/C8H11F/c9-6-8-3-1-7(5-8)2-4-8/h1,3,7H,2,4-6H2. The highest BCUT2D eigenvalue weighted by atomic mass is 19.1. The molecule has 2 atom stereocenters. The summed E-state index contributed by atoms with van der Waals surface area (Å²) in [6.07, 6.45) is 7.67. The van der Waals surface area contributed by atoms with Crippen molar-refractivity contribution in [3.8, 4) is 0 Å². The molecule has 2 aliphatic carbocycles. The van der Waals surface area contributed by atoms with Crippen molar-refractivity contribution in [1.82, 2.24) is 0 Å². The van der Waals surface area contributed by atoms with Crippen LogP contribution >= 0.6 is 0 Å². The molecule has 2 rings (SSSR count). The van der Waals surface area contributed by atoms with Crippen LogP contribution in [0.15, 0.2) is 12.2 Å². The molecule has 1 heteroatoms. The van der Waals surface area contributed by atoms with Crippen LogP contribution in [0.2, 0.25) is 0 Å². The summed E-state index contributed by atoms with van der Waals surface area (Å²) < 4.78 is 12.3. The third-order valence-electron chi connectivity index (χ3n) is 2.67. The zero-order valence-corrected chi connectivity index (χ0v) is 5.44. The normalized spacial score (nSPS) is 46.6. The predicted octanol–water partition coefficient (Wildman–Crippen LogP) is 2.31. The van der Waals surface area contributed by atoms with Crippen molar-refractivity contribution in [2.24, 2.45) is 11.3 Å². The van der Waals surface area contributed by atoms with E-state index in [9.17, 15) is 4.39 Å². The van der Waals surface area contributed by atoms with E-state index in [-0.39, 0.29) is 12.1 Å². The lowest BCUT2D eigenvalue weighted by molar-refractivity contribution is 0.282. The molecule has 0 spiro atoms. The van der Waals surface area contributed by atoms with Crippen molar-refractivity contribution in [1.29, 1.82) is 0 Å². The van der Waals surface area contributed by atoms with E-state index in [4.69, 9.17) is 0 Å². The lowest BCUT2D eigenvalue weighted by atomic mass is 9.90. The van der Waals surface area contributed by atoms with Gasteiger partial charge in [0.15, 0.2) is 0 Å². The molecule has 2 aliphatic rings. The van der Waals surface area contributed by atoms with Crippen LogP contribution in [0.5, 0.6) is 0 Å². The van der Waals surface area contributed by atoms with Gasteiger partial charge >= 0.3 is 0 Å². The van der Waals surface area contributed by atoms with Crippen molar-refractivity contribution in [2.45, 2.75) is 19.3 Å². The van der Waals surface area contributed by atoms with Crippen LogP contribution in [0.4, 0.5) is 4.39 Å². The zero-order valence-electron chi connectivity index (χ0n) is 5.44. The summed E-state index contributed by atoms with van der Waals surface area (Å²) in [6.45, 7) is -0.139. The van der Waals surface area contributed by atoms with Gasteiger partial charge in [-0.1, -0.05) is 12.2 Å².